The minimum Gasteiger partial charge on any atom is -0.480 e. The molecule has 0 aromatic heterocycles. The van der Waals surface area contributed by atoms with Crippen molar-refractivity contribution < 1.29 is 23.8 Å². The van der Waals surface area contributed by atoms with Crippen LogP contribution in [-0.4, -0.2) is 29.8 Å². The number of nitrogens with one attached hydrogen (secondary N) is 1. The maximum atomic E-state index is 12.6. The van der Waals surface area contributed by atoms with Crippen LogP contribution < -0.4 is 10.1 Å². The second kappa shape index (κ2) is 10.5. The Morgan fingerprint density at radius 1 is 1.03 bits per heavy atom. The molecule has 0 aliphatic carbocycles. The van der Waals surface area contributed by atoms with Gasteiger partial charge in [-0.15, -0.1) is 0 Å². The molecule has 0 saturated carbocycles. The predicted octanol–water partition coefficient (Wildman–Crippen LogP) is 5.61. The van der Waals surface area contributed by atoms with E-state index in [9.17, 15) is 9.59 Å². The minimum absolute atomic E-state index is 0.472. The van der Waals surface area contributed by atoms with Crippen LogP contribution in [0.1, 0.15) is 51.8 Å². The Morgan fingerprint density at radius 2 is 1.68 bits per heavy atom. The highest BCUT2D eigenvalue weighted by Crippen LogP contribution is 2.32. The Morgan fingerprint density at radius 3 is 2.26 bits per heavy atom. The summed E-state index contributed by atoms with van der Waals surface area (Å²) >= 11 is 6.34. The Bertz CT molecular complexity index is 895. The van der Waals surface area contributed by atoms with Gasteiger partial charge in [-0.3, -0.25) is 0 Å². The summed E-state index contributed by atoms with van der Waals surface area (Å²) in [4.78, 5) is 24.5. The monoisotopic (exact) mass is 447 g/mol. The van der Waals surface area contributed by atoms with Crippen molar-refractivity contribution in [3.8, 4) is 5.75 Å². The fraction of sp³-hybridized carbons (Fsp3) is 0.417. The van der Waals surface area contributed by atoms with Gasteiger partial charge in [0.05, 0.1) is 5.02 Å². The summed E-state index contributed by atoms with van der Waals surface area (Å²) in [5.41, 5.74) is 1.17. The molecule has 0 fully saturated rings. The van der Waals surface area contributed by atoms with E-state index >= 15 is 0 Å². The molecule has 31 heavy (non-hydrogen) atoms. The van der Waals surface area contributed by atoms with Crippen molar-refractivity contribution in [2.75, 3.05) is 0 Å². The van der Waals surface area contributed by atoms with Gasteiger partial charge in [0.1, 0.15) is 23.5 Å². The number of alkyl carbamates (subject to hydrolysis) is 1. The lowest BCUT2D eigenvalue weighted by Gasteiger charge is -2.27. The van der Waals surface area contributed by atoms with E-state index in [0.717, 1.165) is 11.1 Å². The van der Waals surface area contributed by atoms with E-state index in [0.29, 0.717) is 10.8 Å². The summed E-state index contributed by atoms with van der Waals surface area (Å²) in [6, 6.07) is 14.0. The summed E-state index contributed by atoms with van der Waals surface area (Å²) in [7, 11) is 0. The van der Waals surface area contributed by atoms with Crippen molar-refractivity contribution in [1.29, 1.82) is 0 Å². The summed E-state index contributed by atoms with van der Waals surface area (Å²) in [5.74, 6) is -0.109. The maximum Gasteiger partial charge on any atom is 0.408 e. The Kier molecular flexibility index (Phi) is 8.34. The first-order valence-electron chi connectivity index (χ1n) is 10.1. The van der Waals surface area contributed by atoms with Gasteiger partial charge in [0.15, 0.2) is 6.10 Å². The molecule has 1 amide bonds. The predicted molar refractivity (Wildman–Crippen MR) is 120 cm³/mol. The minimum atomic E-state index is -0.892. The average Bonchev–Trinajstić information content (AvgIpc) is 2.66. The van der Waals surface area contributed by atoms with Crippen LogP contribution in [0.15, 0.2) is 48.5 Å². The molecule has 0 radical (unpaired) electrons. The van der Waals surface area contributed by atoms with Crippen molar-refractivity contribution in [2.45, 2.75) is 65.4 Å². The van der Waals surface area contributed by atoms with Gasteiger partial charge in [0.25, 0.3) is 0 Å². The van der Waals surface area contributed by atoms with Crippen molar-refractivity contribution in [1.82, 2.24) is 5.32 Å². The third-order valence-electron chi connectivity index (χ3n) is 4.28. The SMILES string of the molecule is Cc1ccc(O[C@H](c2ccccc2)[C@H](C)OC(=O)[C@H](C)NC(=O)OC(C)(C)C)c(Cl)c1. The summed E-state index contributed by atoms with van der Waals surface area (Å²) < 4.78 is 17.0. The van der Waals surface area contributed by atoms with Gasteiger partial charge in [-0.2, -0.15) is 0 Å². The molecular weight excluding hydrogens is 418 g/mol. The number of ether oxygens (including phenoxy) is 3. The van der Waals surface area contributed by atoms with E-state index < -0.39 is 35.9 Å². The van der Waals surface area contributed by atoms with Crippen LogP contribution in [0.5, 0.6) is 5.75 Å². The number of carbonyl (C=O) groups is 2. The number of rotatable bonds is 7. The number of amides is 1. The Hall–Kier alpha value is -2.73. The van der Waals surface area contributed by atoms with Crippen molar-refractivity contribution in [3.63, 3.8) is 0 Å². The molecule has 0 unspecified atom stereocenters. The normalized spacial score (nSPS) is 14.2. The molecule has 0 saturated heterocycles. The zero-order chi connectivity index (χ0) is 23.2. The number of hydrogen-bond acceptors (Lipinski definition) is 5. The molecule has 0 heterocycles. The average molecular weight is 448 g/mol. The Labute approximate surface area is 188 Å². The molecule has 0 aliphatic heterocycles. The molecule has 6 nitrogen and oxygen atoms in total. The third kappa shape index (κ3) is 7.79. The number of hydrogen-bond donors (Lipinski definition) is 1. The third-order valence-corrected chi connectivity index (χ3v) is 4.58. The highest BCUT2D eigenvalue weighted by atomic mass is 35.5. The summed E-state index contributed by atoms with van der Waals surface area (Å²) in [5, 5.41) is 2.96. The van der Waals surface area contributed by atoms with Crippen LogP contribution in [-0.2, 0) is 14.3 Å². The van der Waals surface area contributed by atoms with E-state index in [2.05, 4.69) is 5.32 Å². The van der Waals surface area contributed by atoms with Crippen LogP contribution >= 0.6 is 11.6 Å². The van der Waals surface area contributed by atoms with E-state index in [1.165, 1.54) is 6.92 Å². The van der Waals surface area contributed by atoms with Crippen molar-refractivity contribution in [3.05, 3.63) is 64.7 Å². The lowest BCUT2D eigenvalue weighted by Crippen LogP contribution is -2.43. The first-order valence-corrected chi connectivity index (χ1v) is 10.5. The number of carbonyl (C=O) groups excluding carboxylic acids is 2. The highest BCUT2D eigenvalue weighted by Gasteiger charge is 2.29. The molecular formula is C24H30ClNO5. The fourth-order valence-electron chi connectivity index (χ4n) is 2.81. The first-order chi connectivity index (χ1) is 14.5. The molecule has 3 atom stereocenters. The van der Waals surface area contributed by atoms with E-state index in [4.69, 9.17) is 25.8 Å². The fourth-order valence-corrected chi connectivity index (χ4v) is 3.09. The van der Waals surface area contributed by atoms with Crippen LogP contribution in [0.25, 0.3) is 0 Å². The zero-order valence-corrected chi connectivity index (χ0v) is 19.5. The van der Waals surface area contributed by atoms with Gasteiger partial charge in [0.2, 0.25) is 0 Å². The first kappa shape index (κ1) is 24.5. The number of esters is 1. The van der Waals surface area contributed by atoms with Gasteiger partial charge >= 0.3 is 12.1 Å². The van der Waals surface area contributed by atoms with E-state index in [1.54, 1.807) is 33.8 Å². The van der Waals surface area contributed by atoms with Crippen LogP contribution in [0.4, 0.5) is 4.79 Å². The van der Waals surface area contributed by atoms with Gasteiger partial charge in [0, 0.05) is 0 Å². The molecule has 0 bridgehead atoms. The largest absolute Gasteiger partial charge is 0.480 e. The van der Waals surface area contributed by atoms with E-state index in [1.807, 2.05) is 49.4 Å². The smallest absolute Gasteiger partial charge is 0.408 e. The zero-order valence-electron chi connectivity index (χ0n) is 18.8. The molecule has 1 N–H and O–H groups in total. The molecule has 2 rings (SSSR count). The Balaban J connectivity index is 2.13. The van der Waals surface area contributed by atoms with Crippen LogP contribution in [0.3, 0.4) is 0 Å². The van der Waals surface area contributed by atoms with Gasteiger partial charge in [-0.25, -0.2) is 9.59 Å². The lowest BCUT2D eigenvalue weighted by atomic mass is 10.0. The summed E-state index contributed by atoms with van der Waals surface area (Å²) in [6.07, 6.45) is -1.94. The quantitative estimate of drug-likeness (QED) is 0.558. The summed E-state index contributed by atoms with van der Waals surface area (Å²) in [6.45, 7) is 10.4. The van der Waals surface area contributed by atoms with Gasteiger partial charge < -0.3 is 19.5 Å². The second-order valence-electron chi connectivity index (χ2n) is 8.39. The molecule has 2 aromatic rings. The van der Waals surface area contributed by atoms with Gasteiger partial charge in [-0.05, 0) is 64.8 Å². The molecule has 0 aliphatic rings. The van der Waals surface area contributed by atoms with Gasteiger partial charge in [-0.1, -0.05) is 48.0 Å². The highest BCUT2D eigenvalue weighted by molar-refractivity contribution is 6.32. The topological polar surface area (TPSA) is 73.9 Å². The number of benzene rings is 2. The van der Waals surface area contributed by atoms with Crippen molar-refractivity contribution in [2.24, 2.45) is 0 Å². The molecule has 168 valence electrons. The van der Waals surface area contributed by atoms with E-state index in [-0.39, 0.29) is 0 Å². The standard InChI is InChI=1S/C24H30ClNO5/c1-15-12-13-20(19(25)14-15)30-21(18-10-8-7-9-11-18)17(3)29-22(27)16(2)26-23(28)31-24(4,5)6/h7-14,16-17,21H,1-6H3,(H,26,28)/t16-,17-,21-/m0/s1. The van der Waals surface area contributed by atoms with Crippen LogP contribution in [0, 0.1) is 6.92 Å². The van der Waals surface area contributed by atoms with Crippen molar-refractivity contribution >= 4 is 23.7 Å². The molecule has 0 spiro atoms. The number of halogens is 1. The molecule has 7 heteroatoms. The molecule has 2 aromatic carbocycles. The van der Waals surface area contributed by atoms with Crippen LogP contribution in [0.2, 0.25) is 5.02 Å². The second-order valence-corrected chi connectivity index (χ2v) is 8.80. The lowest BCUT2D eigenvalue weighted by molar-refractivity contribution is -0.155. The maximum absolute atomic E-state index is 12.6. The number of aryl methyl sites for hydroxylation is 1.